The lowest BCUT2D eigenvalue weighted by Crippen LogP contribution is -2.31. The summed E-state index contributed by atoms with van der Waals surface area (Å²) in [7, 11) is 0. The number of halogens is 6. The summed E-state index contributed by atoms with van der Waals surface area (Å²) in [5.41, 5.74) is 1.96. The van der Waals surface area contributed by atoms with Gasteiger partial charge in [-0.25, -0.2) is 15.0 Å². The number of allylic oxidation sites excluding steroid dienone is 1. The summed E-state index contributed by atoms with van der Waals surface area (Å²) in [6.45, 7) is 5.31. The van der Waals surface area contributed by atoms with Crippen LogP contribution in [0, 0.1) is 12.8 Å². The lowest BCUT2D eigenvalue weighted by Gasteiger charge is -2.29. The van der Waals surface area contributed by atoms with Gasteiger partial charge in [-0.3, -0.25) is 0 Å². The molecule has 1 saturated carbocycles. The van der Waals surface area contributed by atoms with Gasteiger partial charge in [0.05, 0.1) is 16.6 Å². The Hall–Kier alpha value is -4.15. The van der Waals surface area contributed by atoms with E-state index >= 15 is 0 Å². The first-order chi connectivity index (χ1) is 21.4. The molecule has 6 rings (SSSR count). The van der Waals surface area contributed by atoms with Crippen LogP contribution < -0.4 is 9.80 Å². The standard InChI is InChI=1S/C34H33F6N5/c1-3-22-15-41-32(42-16-22)45(19-25-11-28(33(35,36)37)14-29(12-25)34(38,39)40)20-27-13-26-6-4-5-21(2)30(26)43-31(27)44(17-23-7-8-23)18-24-9-10-24/h4-7,11-16,24H,3,8-10,17-20H2,1-2H3. The van der Waals surface area contributed by atoms with Crippen LogP contribution in [0.15, 0.2) is 66.5 Å². The first-order valence-electron chi connectivity index (χ1n) is 15.0. The van der Waals surface area contributed by atoms with E-state index in [1.54, 1.807) is 17.3 Å². The van der Waals surface area contributed by atoms with Gasteiger partial charge in [-0.15, -0.1) is 0 Å². The van der Waals surface area contributed by atoms with Crippen molar-refractivity contribution >= 4 is 22.7 Å². The van der Waals surface area contributed by atoms with Gasteiger partial charge in [-0.1, -0.05) is 36.8 Å². The van der Waals surface area contributed by atoms with Crippen LogP contribution >= 0.6 is 0 Å². The Bertz CT molecular complexity index is 1690. The Morgan fingerprint density at radius 3 is 2.07 bits per heavy atom. The maximum atomic E-state index is 13.7. The van der Waals surface area contributed by atoms with Crippen molar-refractivity contribution in [1.82, 2.24) is 15.0 Å². The molecule has 4 aromatic rings. The highest BCUT2D eigenvalue weighted by Gasteiger charge is 2.37. The Morgan fingerprint density at radius 1 is 0.822 bits per heavy atom. The van der Waals surface area contributed by atoms with E-state index in [4.69, 9.17) is 4.98 Å². The molecule has 11 heteroatoms. The number of alkyl halides is 6. The van der Waals surface area contributed by atoms with Crippen molar-refractivity contribution in [3.63, 3.8) is 0 Å². The molecule has 0 amide bonds. The highest BCUT2D eigenvalue weighted by Crippen LogP contribution is 2.38. The lowest BCUT2D eigenvalue weighted by molar-refractivity contribution is -0.143. The second-order valence-electron chi connectivity index (χ2n) is 12.0. The average Bonchev–Trinajstić information content (AvgIpc) is 3.93. The quantitative estimate of drug-likeness (QED) is 0.123. The van der Waals surface area contributed by atoms with E-state index in [1.807, 2.05) is 38.1 Å². The van der Waals surface area contributed by atoms with Crippen LogP contribution in [-0.4, -0.2) is 28.0 Å². The molecular weight excluding hydrogens is 592 g/mol. The van der Waals surface area contributed by atoms with E-state index in [9.17, 15) is 26.3 Å². The molecule has 0 N–H and O–H groups in total. The number of rotatable bonds is 11. The zero-order valence-corrected chi connectivity index (χ0v) is 25.0. The molecule has 2 aromatic carbocycles. The number of pyridine rings is 1. The lowest BCUT2D eigenvalue weighted by atomic mass is 10.0. The van der Waals surface area contributed by atoms with Crippen molar-refractivity contribution in [3.05, 3.63) is 99.9 Å². The number of hydrogen-bond acceptors (Lipinski definition) is 5. The molecular formula is C34H33F6N5. The molecule has 1 fully saturated rings. The van der Waals surface area contributed by atoms with Crippen LogP contribution in [-0.2, 0) is 31.9 Å². The van der Waals surface area contributed by atoms with Crippen LogP contribution in [0.1, 0.15) is 59.6 Å². The van der Waals surface area contributed by atoms with E-state index in [-0.39, 0.29) is 30.7 Å². The third-order valence-electron chi connectivity index (χ3n) is 8.23. The summed E-state index contributed by atoms with van der Waals surface area (Å²) in [5.74, 6) is 1.51. The van der Waals surface area contributed by atoms with Crippen LogP contribution in [0.25, 0.3) is 10.9 Å². The number of aromatic nitrogens is 3. The maximum Gasteiger partial charge on any atom is 0.416 e. The fourth-order valence-corrected chi connectivity index (χ4v) is 5.48. The van der Waals surface area contributed by atoms with E-state index in [2.05, 4.69) is 20.9 Å². The smallest absolute Gasteiger partial charge is 0.352 e. The van der Waals surface area contributed by atoms with Gasteiger partial charge in [0.15, 0.2) is 0 Å². The van der Waals surface area contributed by atoms with Gasteiger partial charge >= 0.3 is 12.4 Å². The zero-order valence-electron chi connectivity index (χ0n) is 25.0. The first kappa shape index (κ1) is 30.9. The van der Waals surface area contributed by atoms with Crippen molar-refractivity contribution in [2.45, 2.75) is 65.0 Å². The third kappa shape index (κ3) is 7.40. The molecule has 0 spiro atoms. The summed E-state index contributed by atoms with van der Waals surface area (Å²) in [4.78, 5) is 18.0. The van der Waals surface area contributed by atoms with Crippen LogP contribution in [0.5, 0.6) is 0 Å². The molecule has 236 valence electrons. The topological polar surface area (TPSA) is 45.2 Å². The average molecular weight is 626 g/mol. The Balaban J connectivity index is 1.46. The van der Waals surface area contributed by atoms with Crippen molar-refractivity contribution < 1.29 is 26.3 Å². The third-order valence-corrected chi connectivity index (χ3v) is 8.23. The molecule has 45 heavy (non-hydrogen) atoms. The van der Waals surface area contributed by atoms with Crippen molar-refractivity contribution in [3.8, 4) is 0 Å². The number of anilines is 2. The molecule has 0 atom stereocenters. The van der Waals surface area contributed by atoms with Gasteiger partial charge < -0.3 is 9.80 Å². The summed E-state index contributed by atoms with van der Waals surface area (Å²) < 4.78 is 82.5. The number of para-hydroxylation sites is 1. The molecule has 0 bridgehead atoms. The summed E-state index contributed by atoms with van der Waals surface area (Å²) in [6.07, 6.45) is -0.571. The highest BCUT2D eigenvalue weighted by molar-refractivity contribution is 5.85. The molecule has 2 aliphatic carbocycles. The number of fused-ring (bicyclic) bond motifs is 1. The van der Waals surface area contributed by atoms with Gasteiger partial charge in [0.1, 0.15) is 5.82 Å². The number of benzene rings is 2. The molecule has 0 saturated heterocycles. The van der Waals surface area contributed by atoms with Gasteiger partial charge in [-0.2, -0.15) is 26.3 Å². The zero-order chi connectivity index (χ0) is 31.9. The normalized spacial score (nSPS) is 14.9. The number of hydrogen-bond donors (Lipinski definition) is 0. The molecule has 0 unspecified atom stereocenters. The van der Waals surface area contributed by atoms with Gasteiger partial charge in [0.2, 0.25) is 5.95 Å². The minimum atomic E-state index is -4.95. The summed E-state index contributed by atoms with van der Waals surface area (Å²) >= 11 is 0. The van der Waals surface area contributed by atoms with Gasteiger partial charge in [0, 0.05) is 49.5 Å². The Labute approximate surface area is 257 Å². The van der Waals surface area contributed by atoms with Crippen molar-refractivity contribution in [2.24, 2.45) is 5.92 Å². The summed E-state index contributed by atoms with van der Waals surface area (Å²) in [6, 6.07) is 9.59. The van der Waals surface area contributed by atoms with Crippen LogP contribution in [0.2, 0.25) is 0 Å². The van der Waals surface area contributed by atoms with Crippen molar-refractivity contribution in [2.75, 3.05) is 22.9 Å². The van der Waals surface area contributed by atoms with E-state index < -0.39 is 23.5 Å². The van der Waals surface area contributed by atoms with Gasteiger partial charge in [-0.05, 0) is 79.5 Å². The second-order valence-corrected chi connectivity index (χ2v) is 12.0. The highest BCUT2D eigenvalue weighted by atomic mass is 19.4. The first-order valence-corrected chi connectivity index (χ1v) is 15.0. The Kier molecular flexibility index (Phi) is 8.22. The molecule has 2 aliphatic rings. The fourth-order valence-electron chi connectivity index (χ4n) is 5.48. The van der Waals surface area contributed by atoms with E-state index in [1.165, 1.54) is 5.57 Å². The van der Waals surface area contributed by atoms with Crippen molar-refractivity contribution in [1.29, 1.82) is 0 Å². The monoisotopic (exact) mass is 625 g/mol. The SMILES string of the molecule is CCc1cnc(N(Cc2cc(C(F)(F)F)cc(C(F)(F)F)c2)Cc2cc3cccc(C)c3nc2N(CC2=CC2)CC2CC2)nc1. The number of aryl methyl sites for hydroxylation is 2. The Morgan fingerprint density at radius 2 is 1.49 bits per heavy atom. The second kappa shape index (κ2) is 12.0. The van der Waals surface area contributed by atoms with Gasteiger partial charge in [0.25, 0.3) is 0 Å². The molecule has 0 radical (unpaired) electrons. The predicted octanol–water partition coefficient (Wildman–Crippen LogP) is 8.69. The fraction of sp³-hybridized carbons (Fsp3) is 0.382. The molecule has 2 aromatic heterocycles. The van der Waals surface area contributed by atoms with Crippen LogP contribution in [0.4, 0.5) is 38.1 Å². The number of nitrogens with zero attached hydrogens (tertiary/aromatic N) is 5. The maximum absolute atomic E-state index is 13.7. The largest absolute Gasteiger partial charge is 0.416 e. The predicted molar refractivity (Wildman–Crippen MR) is 162 cm³/mol. The van der Waals surface area contributed by atoms with E-state index in [0.717, 1.165) is 77.9 Å². The molecule has 0 aliphatic heterocycles. The van der Waals surface area contributed by atoms with Crippen LogP contribution in [0.3, 0.4) is 0 Å². The molecule has 5 nitrogen and oxygen atoms in total. The summed E-state index contributed by atoms with van der Waals surface area (Å²) in [5, 5.41) is 0.895. The minimum Gasteiger partial charge on any atom is -0.352 e. The van der Waals surface area contributed by atoms with E-state index in [0.29, 0.717) is 12.3 Å². The minimum absolute atomic E-state index is 0.121. The molecule has 2 heterocycles.